The van der Waals surface area contributed by atoms with E-state index >= 15 is 0 Å². The highest BCUT2D eigenvalue weighted by Crippen LogP contribution is 2.21. The van der Waals surface area contributed by atoms with Crippen molar-refractivity contribution in [3.05, 3.63) is 24.3 Å². The highest BCUT2D eigenvalue weighted by molar-refractivity contribution is 7.99. The second-order valence-electron chi connectivity index (χ2n) is 2.73. The molecule has 0 aliphatic heterocycles. The monoisotopic (exact) mass is 156 g/mol. The van der Waals surface area contributed by atoms with Gasteiger partial charge < -0.3 is 0 Å². The molecule has 10 heavy (non-hydrogen) atoms. The van der Waals surface area contributed by atoms with Crippen LogP contribution in [0.25, 0.3) is 0 Å². The largest absolute Gasteiger partial charge is 0.157 e. The van der Waals surface area contributed by atoms with Gasteiger partial charge in [-0.3, -0.25) is 0 Å². The summed E-state index contributed by atoms with van der Waals surface area (Å²) >= 11 is 1.85. The smallest absolute Gasteiger partial charge is 0.0285 e. The van der Waals surface area contributed by atoms with E-state index in [1.165, 1.54) is 11.1 Å². The Balaban J connectivity index is 3.83. The maximum Gasteiger partial charge on any atom is 0.0285 e. The Morgan fingerprint density at radius 2 is 1.90 bits per heavy atom. The lowest BCUT2D eigenvalue weighted by atomic mass is 10.1. The van der Waals surface area contributed by atoms with Crippen molar-refractivity contribution in [1.29, 1.82) is 0 Å². The Morgan fingerprint density at radius 3 is 2.00 bits per heavy atom. The Labute approximate surface area is 68.4 Å². The molecule has 0 aromatic rings. The predicted molar refractivity (Wildman–Crippen MR) is 51.5 cm³/mol. The zero-order chi connectivity index (χ0) is 8.15. The molecular formula is C9H16S. The first-order valence-electron chi connectivity index (χ1n) is 3.40. The van der Waals surface area contributed by atoms with E-state index in [9.17, 15) is 0 Å². The fourth-order valence-corrected chi connectivity index (χ4v) is 1.63. The minimum absolute atomic E-state index is 0.567. The van der Waals surface area contributed by atoms with Gasteiger partial charge in [0.15, 0.2) is 0 Å². The summed E-state index contributed by atoms with van der Waals surface area (Å²) in [6.45, 7) is 11.9. The average Bonchev–Trinajstić information content (AvgIpc) is 1.81. The molecule has 0 nitrogen and oxygen atoms in total. The molecule has 0 saturated heterocycles. The molecule has 0 aliphatic carbocycles. The third-order valence-electron chi connectivity index (χ3n) is 1.37. The molecule has 0 bridgehead atoms. The molecule has 0 heterocycles. The van der Waals surface area contributed by atoms with Crippen LogP contribution < -0.4 is 0 Å². The van der Waals surface area contributed by atoms with Crippen LogP contribution in [0.3, 0.4) is 0 Å². The van der Waals surface area contributed by atoms with Crippen molar-refractivity contribution >= 4 is 11.8 Å². The van der Waals surface area contributed by atoms with E-state index in [1.54, 1.807) is 0 Å². The lowest BCUT2D eigenvalue weighted by Gasteiger charge is -2.13. The zero-order valence-corrected chi connectivity index (χ0v) is 7.92. The van der Waals surface area contributed by atoms with Gasteiger partial charge >= 0.3 is 0 Å². The SMILES string of the molecule is C=C(C)C[C@H](SC)C(=C)C. The van der Waals surface area contributed by atoms with Crippen molar-refractivity contribution in [3.63, 3.8) is 0 Å². The van der Waals surface area contributed by atoms with Crippen LogP contribution in [0.5, 0.6) is 0 Å². The van der Waals surface area contributed by atoms with E-state index in [0.29, 0.717) is 5.25 Å². The van der Waals surface area contributed by atoms with Crippen molar-refractivity contribution in [1.82, 2.24) is 0 Å². The topological polar surface area (TPSA) is 0 Å². The highest BCUT2D eigenvalue weighted by atomic mass is 32.2. The van der Waals surface area contributed by atoms with Crippen LogP contribution in [0.15, 0.2) is 24.3 Å². The number of hydrogen-bond acceptors (Lipinski definition) is 1. The van der Waals surface area contributed by atoms with Crippen LogP contribution in [-0.4, -0.2) is 11.5 Å². The first kappa shape index (κ1) is 9.83. The van der Waals surface area contributed by atoms with Gasteiger partial charge in [0, 0.05) is 5.25 Å². The minimum Gasteiger partial charge on any atom is -0.157 e. The van der Waals surface area contributed by atoms with Gasteiger partial charge in [-0.05, 0) is 26.5 Å². The molecule has 0 aliphatic rings. The third-order valence-corrected chi connectivity index (χ3v) is 2.51. The Hall–Kier alpha value is -0.170. The lowest BCUT2D eigenvalue weighted by Crippen LogP contribution is -2.02. The summed E-state index contributed by atoms with van der Waals surface area (Å²) < 4.78 is 0. The van der Waals surface area contributed by atoms with Crippen molar-refractivity contribution in [2.24, 2.45) is 0 Å². The normalized spacial score (nSPS) is 12.7. The summed E-state index contributed by atoms with van der Waals surface area (Å²) in [5, 5.41) is 0.567. The number of thioether (sulfide) groups is 1. The van der Waals surface area contributed by atoms with Gasteiger partial charge in [-0.1, -0.05) is 17.7 Å². The fourth-order valence-electron chi connectivity index (χ4n) is 0.775. The Kier molecular flexibility index (Phi) is 4.54. The highest BCUT2D eigenvalue weighted by Gasteiger charge is 2.06. The van der Waals surface area contributed by atoms with E-state index in [4.69, 9.17) is 0 Å². The molecule has 0 rings (SSSR count). The molecule has 1 heteroatoms. The zero-order valence-electron chi connectivity index (χ0n) is 7.11. The summed E-state index contributed by atoms with van der Waals surface area (Å²) in [6, 6.07) is 0. The number of allylic oxidation sites excluding steroid dienone is 1. The summed E-state index contributed by atoms with van der Waals surface area (Å²) in [5.74, 6) is 0. The van der Waals surface area contributed by atoms with E-state index in [0.717, 1.165) is 6.42 Å². The maximum atomic E-state index is 3.92. The summed E-state index contributed by atoms with van der Waals surface area (Å²) in [5.41, 5.74) is 2.48. The summed E-state index contributed by atoms with van der Waals surface area (Å²) in [7, 11) is 0. The standard InChI is InChI=1S/C9H16S/c1-7(2)6-9(10-5)8(3)4/h9H,1,3,6H2,2,4-5H3/t9-/m0/s1. The van der Waals surface area contributed by atoms with Gasteiger partial charge in [-0.25, -0.2) is 0 Å². The van der Waals surface area contributed by atoms with Gasteiger partial charge in [-0.2, -0.15) is 11.8 Å². The molecule has 1 atom stereocenters. The number of hydrogen-bond donors (Lipinski definition) is 0. The van der Waals surface area contributed by atoms with Crippen molar-refractivity contribution in [2.75, 3.05) is 6.26 Å². The lowest BCUT2D eigenvalue weighted by molar-refractivity contribution is 0.954. The van der Waals surface area contributed by atoms with Gasteiger partial charge in [-0.15, -0.1) is 6.58 Å². The van der Waals surface area contributed by atoms with Crippen molar-refractivity contribution < 1.29 is 0 Å². The van der Waals surface area contributed by atoms with Crippen molar-refractivity contribution in [3.8, 4) is 0 Å². The van der Waals surface area contributed by atoms with Crippen LogP contribution in [0.4, 0.5) is 0 Å². The molecule has 0 amide bonds. The Morgan fingerprint density at radius 1 is 1.40 bits per heavy atom. The predicted octanol–water partition coefficient (Wildman–Crippen LogP) is 3.26. The van der Waals surface area contributed by atoms with Crippen molar-refractivity contribution in [2.45, 2.75) is 25.5 Å². The van der Waals surface area contributed by atoms with Gasteiger partial charge in [0.2, 0.25) is 0 Å². The maximum absolute atomic E-state index is 3.92. The second kappa shape index (κ2) is 4.62. The van der Waals surface area contributed by atoms with E-state index in [-0.39, 0.29) is 0 Å². The molecule has 0 spiro atoms. The first-order valence-corrected chi connectivity index (χ1v) is 4.69. The fraction of sp³-hybridized carbons (Fsp3) is 0.556. The molecule has 58 valence electrons. The summed E-state index contributed by atoms with van der Waals surface area (Å²) in [6.07, 6.45) is 3.18. The van der Waals surface area contributed by atoms with E-state index in [2.05, 4.69) is 33.3 Å². The molecule has 0 radical (unpaired) electrons. The second-order valence-corrected chi connectivity index (χ2v) is 3.77. The van der Waals surface area contributed by atoms with Gasteiger partial charge in [0.1, 0.15) is 0 Å². The van der Waals surface area contributed by atoms with Crippen LogP contribution in [0.2, 0.25) is 0 Å². The third kappa shape index (κ3) is 3.78. The number of rotatable bonds is 4. The molecule has 0 fully saturated rings. The quantitative estimate of drug-likeness (QED) is 0.563. The summed E-state index contributed by atoms with van der Waals surface area (Å²) in [4.78, 5) is 0. The molecule has 0 aromatic carbocycles. The van der Waals surface area contributed by atoms with Crippen LogP contribution in [-0.2, 0) is 0 Å². The van der Waals surface area contributed by atoms with E-state index in [1.807, 2.05) is 11.8 Å². The molecule has 0 N–H and O–H groups in total. The van der Waals surface area contributed by atoms with Gasteiger partial charge in [0.05, 0.1) is 0 Å². The van der Waals surface area contributed by atoms with Crippen LogP contribution in [0.1, 0.15) is 20.3 Å². The molecule has 0 aromatic heterocycles. The van der Waals surface area contributed by atoms with Crippen LogP contribution >= 0.6 is 11.8 Å². The molecular weight excluding hydrogens is 140 g/mol. The van der Waals surface area contributed by atoms with Gasteiger partial charge in [0.25, 0.3) is 0 Å². The average molecular weight is 156 g/mol. The molecule has 0 saturated carbocycles. The first-order chi connectivity index (χ1) is 4.57. The Bertz CT molecular complexity index is 136. The minimum atomic E-state index is 0.567. The van der Waals surface area contributed by atoms with E-state index < -0.39 is 0 Å². The molecule has 0 unspecified atom stereocenters. The van der Waals surface area contributed by atoms with Crippen LogP contribution in [0, 0.1) is 0 Å².